The summed E-state index contributed by atoms with van der Waals surface area (Å²) < 4.78 is 61.2. The van der Waals surface area contributed by atoms with E-state index in [0.717, 1.165) is 30.7 Å². The van der Waals surface area contributed by atoms with Crippen LogP contribution in [-0.4, -0.2) is 47.3 Å². The summed E-state index contributed by atoms with van der Waals surface area (Å²) in [5, 5.41) is 0. The molecule has 37 heavy (non-hydrogen) atoms. The summed E-state index contributed by atoms with van der Waals surface area (Å²) >= 11 is 0. The number of alkyl halides is 3. The van der Waals surface area contributed by atoms with Gasteiger partial charge in [0, 0.05) is 44.4 Å². The van der Waals surface area contributed by atoms with Crippen molar-refractivity contribution < 1.29 is 32.2 Å². The largest absolute Gasteiger partial charge is 0.493 e. The molecule has 1 fully saturated rings. The van der Waals surface area contributed by atoms with E-state index in [1.165, 1.54) is 6.07 Å². The minimum Gasteiger partial charge on any atom is -0.493 e. The minimum atomic E-state index is -4.61. The zero-order valence-corrected chi connectivity index (χ0v) is 22.7. The third kappa shape index (κ3) is 7.25. The van der Waals surface area contributed by atoms with Gasteiger partial charge in [-0.25, -0.2) is 0 Å². The van der Waals surface area contributed by atoms with E-state index in [0.29, 0.717) is 25.1 Å². The number of nitrogens with zero attached hydrogens (tertiary/aromatic N) is 3. The summed E-state index contributed by atoms with van der Waals surface area (Å²) in [5.41, 5.74) is -0.623. The molecule has 1 atom stereocenters. The van der Waals surface area contributed by atoms with Gasteiger partial charge in [-0.3, -0.25) is 14.2 Å². The molecule has 1 aliphatic heterocycles. The smallest absolute Gasteiger partial charge is 0.416 e. The Bertz CT molecular complexity index is 1170. The summed E-state index contributed by atoms with van der Waals surface area (Å²) in [6.07, 6.45) is -2.31. The van der Waals surface area contributed by atoms with Gasteiger partial charge in [0.15, 0.2) is 5.49 Å². The Labute approximate surface area is 216 Å². The Morgan fingerprint density at radius 2 is 1.86 bits per heavy atom. The molecule has 1 amide bonds. The number of rotatable bonds is 8. The van der Waals surface area contributed by atoms with E-state index in [4.69, 9.17) is 14.2 Å². The number of aromatic nitrogens is 2. The van der Waals surface area contributed by atoms with E-state index in [1.54, 1.807) is 7.11 Å². The van der Waals surface area contributed by atoms with Crippen LogP contribution in [0.4, 0.5) is 13.2 Å². The average molecular weight is 526 g/mol. The van der Waals surface area contributed by atoms with Gasteiger partial charge < -0.3 is 14.2 Å². The van der Waals surface area contributed by atoms with E-state index >= 15 is 0 Å². The first-order valence-corrected chi connectivity index (χ1v) is 12.5. The molecule has 1 aromatic carbocycles. The lowest BCUT2D eigenvalue weighted by Crippen LogP contribution is -2.30. The van der Waals surface area contributed by atoms with Crippen molar-refractivity contribution in [2.45, 2.75) is 83.7 Å². The van der Waals surface area contributed by atoms with Crippen LogP contribution >= 0.6 is 0 Å². The van der Waals surface area contributed by atoms with Crippen molar-refractivity contribution in [2.75, 3.05) is 20.3 Å². The highest BCUT2D eigenvalue weighted by Gasteiger charge is 2.32. The van der Waals surface area contributed by atoms with Crippen molar-refractivity contribution in [3.05, 3.63) is 46.6 Å². The summed E-state index contributed by atoms with van der Waals surface area (Å²) in [7, 11) is 3.46. The normalized spacial score (nSPS) is 17.5. The number of benzene rings is 1. The SMILES string of the molecule is COC(C)(C)CCOc1ccc(C(F)(F)F)cc1C(=O)/N=c1\cc(C(C)(C)C)n(C)n1C[C@H]1CCCO1. The fourth-order valence-electron chi connectivity index (χ4n) is 4.24. The Kier molecular flexibility index (Phi) is 8.64. The molecule has 2 aromatic rings. The van der Waals surface area contributed by atoms with E-state index in [1.807, 2.05) is 57.1 Å². The van der Waals surface area contributed by atoms with Gasteiger partial charge in [0.1, 0.15) is 5.75 Å². The number of carbonyl (C=O) groups excluding carboxylic acids is 1. The summed E-state index contributed by atoms with van der Waals surface area (Å²) in [6, 6.07) is 4.70. The lowest BCUT2D eigenvalue weighted by molar-refractivity contribution is -0.137. The van der Waals surface area contributed by atoms with Gasteiger partial charge in [-0.05, 0) is 44.9 Å². The molecule has 10 heteroatoms. The van der Waals surface area contributed by atoms with E-state index in [9.17, 15) is 18.0 Å². The van der Waals surface area contributed by atoms with Crippen LogP contribution in [0.15, 0.2) is 29.3 Å². The molecule has 1 saturated heterocycles. The zero-order chi connectivity index (χ0) is 27.6. The minimum absolute atomic E-state index is 0.0212. The number of halogens is 3. The molecule has 7 nitrogen and oxygen atoms in total. The molecule has 0 bridgehead atoms. The van der Waals surface area contributed by atoms with Gasteiger partial charge in [0.2, 0.25) is 0 Å². The summed E-state index contributed by atoms with van der Waals surface area (Å²) in [4.78, 5) is 17.7. The van der Waals surface area contributed by atoms with Crippen LogP contribution in [0.1, 0.15) is 75.5 Å². The van der Waals surface area contributed by atoms with Crippen LogP contribution in [0.5, 0.6) is 5.75 Å². The molecule has 3 rings (SSSR count). The van der Waals surface area contributed by atoms with Crippen LogP contribution < -0.4 is 10.2 Å². The second-order valence-electron chi connectivity index (χ2n) is 11.1. The molecular formula is C27H38F3N3O4. The molecule has 0 unspecified atom stereocenters. The highest BCUT2D eigenvalue weighted by Crippen LogP contribution is 2.33. The lowest BCUT2D eigenvalue weighted by Gasteiger charge is -2.23. The molecule has 0 spiro atoms. The van der Waals surface area contributed by atoms with Gasteiger partial charge in [-0.15, -0.1) is 0 Å². The van der Waals surface area contributed by atoms with Gasteiger partial charge in [-0.1, -0.05) is 20.8 Å². The number of carbonyl (C=O) groups is 1. The van der Waals surface area contributed by atoms with Crippen molar-refractivity contribution >= 4 is 5.91 Å². The van der Waals surface area contributed by atoms with Crippen molar-refractivity contribution in [1.29, 1.82) is 0 Å². The quantitative estimate of drug-likeness (QED) is 0.472. The first-order valence-electron chi connectivity index (χ1n) is 12.5. The Morgan fingerprint density at radius 3 is 2.43 bits per heavy atom. The third-order valence-corrected chi connectivity index (χ3v) is 6.68. The molecule has 0 saturated carbocycles. The number of ether oxygens (including phenoxy) is 3. The highest BCUT2D eigenvalue weighted by atomic mass is 19.4. The topological polar surface area (TPSA) is 67.0 Å². The highest BCUT2D eigenvalue weighted by molar-refractivity contribution is 5.97. The van der Waals surface area contributed by atoms with E-state index in [-0.39, 0.29) is 29.4 Å². The molecule has 206 valence electrons. The predicted octanol–water partition coefficient (Wildman–Crippen LogP) is 5.26. The molecule has 1 aliphatic rings. The predicted molar refractivity (Wildman–Crippen MR) is 134 cm³/mol. The maximum Gasteiger partial charge on any atom is 0.416 e. The maximum absolute atomic E-state index is 13.5. The molecule has 0 aliphatic carbocycles. The zero-order valence-electron chi connectivity index (χ0n) is 22.7. The standard InChI is InChI=1S/C27H38F3N3O4/c1-25(2,3)22-16-23(33(32(22)6)17-19-9-8-13-36-19)31-24(34)20-15-18(27(28,29)30)10-11-21(20)37-14-12-26(4,5)35-7/h10-11,15-16,19H,8-9,12-14,17H2,1-7H3/b31-23+/t19-/m1/s1. The van der Waals surface area contributed by atoms with Gasteiger partial charge >= 0.3 is 6.18 Å². The molecule has 0 N–H and O–H groups in total. The molecule has 0 radical (unpaired) electrons. The van der Waals surface area contributed by atoms with Crippen LogP contribution in [0.3, 0.4) is 0 Å². The van der Waals surface area contributed by atoms with Gasteiger partial charge in [0.05, 0.1) is 36.0 Å². The van der Waals surface area contributed by atoms with Crippen LogP contribution in [0.2, 0.25) is 0 Å². The van der Waals surface area contributed by atoms with E-state index in [2.05, 4.69) is 4.99 Å². The van der Waals surface area contributed by atoms with Crippen molar-refractivity contribution in [3.8, 4) is 5.75 Å². The van der Waals surface area contributed by atoms with Crippen molar-refractivity contribution in [1.82, 2.24) is 9.36 Å². The second kappa shape index (κ2) is 11.0. The van der Waals surface area contributed by atoms with E-state index < -0.39 is 23.2 Å². The Balaban J connectivity index is 2.05. The molecule has 2 heterocycles. The van der Waals surface area contributed by atoms with Crippen LogP contribution in [0, 0.1) is 0 Å². The first-order chi connectivity index (χ1) is 17.1. The maximum atomic E-state index is 13.5. The van der Waals surface area contributed by atoms with Crippen LogP contribution in [-0.2, 0) is 34.7 Å². The first kappa shape index (κ1) is 29.0. The average Bonchev–Trinajstić information content (AvgIpc) is 3.42. The summed E-state index contributed by atoms with van der Waals surface area (Å²) in [5.74, 6) is -0.759. The number of hydrogen-bond acceptors (Lipinski definition) is 4. The number of amides is 1. The summed E-state index contributed by atoms with van der Waals surface area (Å²) in [6.45, 7) is 11.2. The van der Waals surface area contributed by atoms with Crippen LogP contribution in [0.25, 0.3) is 0 Å². The fraction of sp³-hybridized carbons (Fsp3) is 0.630. The third-order valence-electron chi connectivity index (χ3n) is 6.68. The monoisotopic (exact) mass is 525 g/mol. The second-order valence-corrected chi connectivity index (χ2v) is 11.1. The Hall–Kier alpha value is -2.59. The van der Waals surface area contributed by atoms with Gasteiger partial charge in [0.25, 0.3) is 5.91 Å². The Morgan fingerprint density at radius 1 is 1.16 bits per heavy atom. The molecule has 1 aromatic heterocycles. The number of methoxy groups -OCH3 is 1. The van der Waals surface area contributed by atoms with Gasteiger partial charge in [-0.2, -0.15) is 18.2 Å². The fourth-order valence-corrected chi connectivity index (χ4v) is 4.24. The van der Waals surface area contributed by atoms with Crippen molar-refractivity contribution in [3.63, 3.8) is 0 Å². The number of hydrogen-bond donors (Lipinski definition) is 0. The molecular weight excluding hydrogens is 487 g/mol. The van der Waals surface area contributed by atoms with Crippen molar-refractivity contribution in [2.24, 2.45) is 12.0 Å². The lowest BCUT2D eigenvalue weighted by atomic mass is 9.92.